The Hall–Kier alpha value is -2.70. The molecule has 0 saturated heterocycles. The van der Waals surface area contributed by atoms with Gasteiger partial charge >= 0.3 is 0 Å². The molecular weight excluding hydrogens is 306 g/mol. The third-order valence-corrected chi connectivity index (χ3v) is 4.17. The predicted octanol–water partition coefficient (Wildman–Crippen LogP) is 1.55. The van der Waals surface area contributed by atoms with E-state index in [1.165, 1.54) is 6.33 Å². The van der Waals surface area contributed by atoms with Crippen LogP contribution in [0, 0.1) is 5.92 Å². The van der Waals surface area contributed by atoms with Crippen LogP contribution >= 0.6 is 0 Å². The predicted molar refractivity (Wildman–Crippen MR) is 89.8 cm³/mol. The summed E-state index contributed by atoms with van der Waals surface area (Å²) >= 11 is 0. The second-order valence-corrected chi connectivity index (χ2v) is 5.88. The zero-order valence-corrected chi connectivity index (χ0v) is 13.4. The summed E-state index contributed by atoms with van der Waals surface area (Å²) < 4.78 is 1.90. The lowest BCUT2D eigenvalue weighted by Gasteiger charge is -2.20. The molecule has 0 unspecified atom stereocenters. The zero-order chi connectivity index (χ0) is 16.8. The molecule has 1 aliphatic rings. The molecule has 0 aromatic carbocycles. The maximum Gasteiger partial charge on any atom is 0.223 e. The topological polar surface area (TPSA) is 88.9 Å². The molecule has 2 aromatic rings. The van der Waals surface area contributed by atoms with Gasteiger partial charge in [-0.25, -0.2) is 9.97 Å². The molecule has 0 bridgehead atoms. The van der Waals surface area contributed by atoms with Gasteiger partial charge in [0.1, 0.15) is 23.7 Å². The maximum atomic E-state index is 12.0. The van der Waals surface area contributed by atoms with Crippen LogP contribution in [0.1, 0.15) is 25.7 Å². The molecule has 1 fully saturated rings. The Balaban J connectivity index is 1.43. The first kappa shape index (κ1) is 16.2. The highest BCUT2D eigenvalue weighted by molar-refractivity contribution is 5.84. The molecule has 7 nitrogen and oxygen atoms in total. The highest BCUT2D eigenvalue weighted by Gasteiger charge is 2.24. The van der Waals surface area contributed by atoms with Crippen LogP contribution in [0.25, 0.3) is 5.82 Å². The number of nitrogens with one attached hydrogen (secondary N) is 2. The Labute approximate surface area is 140 Å². The van der Waals surface area contributed by atoms with Crippen molar-refractivity contribution in [3.63, 3.8) is 0 Å². The molecule has 1 saturated carbocycles. The van der Waals surface area contributed by atoms with E-state index in [2.05, 4.69) is 20.6 Å². The quantitative estimate of drug-likeness (QED) is 0.786. The van der Waals surface area contributed by atoms with Gasteiger partial charge in [0, 0.05) is 50.3 Å². The van der Waals surface area contributed by atoms with Crippen LogP contribution in [0.5, 0.6) is 0 Å². The fourth-order valence-corrected chi connectivity index (χ4v) is 2.79. The lowest BCUT2D eigenvalue weighted by atomic mass is 9.88. The third kappa shape index (κ3) is 4.18. The summed E-state index contributed by atoms with van der Waals surface area (Å²) in [5.74, 6) is 1.78. The van der Waals surface area contributed by atoms with Crippen molar-refractivity contribution in [1.29, 1.82) is 0 Å². The lowest BCUT2D eigenvalue weighted by Crippen LogP contribution is -2.36. The van der Waals surface area contributed by atoms with Gasteiger partial charge in [-0.1, -0.05) is 0 Å². The SMILES string of the molecule is O=C1CCC(C(=O)NCCNc2cc(-n3cccc3)ncn2)CC1. The standard InChI is InChI=1S/C17H21N5O2/c23-14-5-3-13(4-6-14)17(24)19-8-7-18-15-11-16(21-12-20-15)22-9-1-2-10-22/h1-2,9-13H,3-8H2,(H,19,24)(H,18,20,21). The smallest absolute Gasteiger partial charge is 0.223 e. The summed E-state index contributed by atoms with van der Waals surface area (Å²) in [6, 6.07) is 5.72. The molecule has 2 N–H and O–H groups in total. The van der Waals surface area contributed by atoms with Crippen molar-refractivity contribution in [3.05, 3.63) is 36.9 Å². The average Bonchev–Trinajstić information content (AvgIpc) is 3.14. The first-order valence-electron chi connectivity index (χ1n) is 8.21. The lowest BCUT2D eigenvalue weighted by molar-refractivity contribution is -0.128. The van der Waals surface area contributed by atoms with Crippen LogP contribution in [-0.4, -0.2) is 39.3 Å². The van der Waals surface area contributed by atoms with Crippen LogP contribution in [0.3, 0.4) is 0 Å². The zero-order valence-electron chi connectivity index (χ0n) is 13.4. The third-order valence-electron chi connectivity index (χ3n) is 4.17. The number of amides is 1. The summed E-state index contributed by atoms with van der Waals surface area (Å²) in [7, 11) is 0. The average molecular weight is 327 g/mol. The molecule has 2 heterocycles. The minimum absolute atomic E-state index is 0.0258. The fourth-order valence-electron chi connectivity index (χ4n) is 2.79. The van der Waals surface area contributed by atoms with E-state index in [1.54, 1.807) is 0 Å². The minimum atomic E-state index is -0.0258. The van der Waals surface area contributed by atoms with Gasteiger partial charge in [-0.05, 0) is 25.0 Å². The molecule has 2 aromatic heterocycles. The van der Waals surface area contributed by atoms with Gasteiger partial charge < -0.3 is 15.2 Å². The van der Waals surface area contributed by atoms with E-state index < -0.39 is 0 Å². The largest absolute Gasteiger partial charge is 0.368 e. The molecule has 0 radical (unpaired) electrons. The Morgan fingerprint density at radius 2 is 1.92 bits per heavy atom. The van der Waals surface area contributed by atoms with Gasteiger partial charge in [0.2, 0.25) is 5.91 Å². The molecule has 0 atom stereocenters. The number of rotatable bonds is 6. The number of hydrogen-bond acceptors (Lipinski definition) is 5. The maximum absolute atomic E-state index is 12.0. The molecule has 24 heavy (non-hydrogen) atoms. The van der Waals surface area contributed by atoms with E-state index >= 15 is 0 Å². The Morgan fingerprint density at radius 3 is 2.67 bits per heavy atom. The van der Waals surface area contributed by atoms with Crippen LogP contribution in [0.4, 0.5) is 5.82 Å². The summed E-state index contributed by atoms with van der Waals surface area (Å²) in [5.41, 5.74) is 0. The number of Topliss-reactive ketones (excluding diaryl/α,β-unsaturated/α-hetero) is 1. The van der Waals surface area contributed by atoms with Crippen LogP contribution in [-0.2, 0) is 9.59 Å². The number of carbonyl (C=O) groups is 2. The Kier molecular flexibility index (Phi) is 5.20. The van der Waals surface area contributed by atoms with E-state index in [4.69, 9.17) is 0 Å². The molecule has 0 aliphatic heterocycles. The number of aromatic nitrogens is 3. The van der Waals surface area contributed by atoms with Crippen molar-refractivity contribution in [2.75, 3.05) is 18.4 Å². The molecule has 0 spiro atoms. The monoisotopic (exact) mass is 327 g/mol. The van der Waals surface area contributed by atoms with Crippen molar-refractivity contribution in [3.8, 4) is 5.82 Å². The van der Waals surface area contributed by atoms with Crippen molar-refractivity contribution < 1.29 is 9.59 Å². The van der Waals surface area contributed by atoms with Gasteiger partial charge in [0.05, 0.1) is 0 Å². The summed E-state index contributed by atoms with van der Waals surface area (Å²) in [6.07, 6.45) is 7.74. The van der Waals surface area contributed by atoms with E-state index in [-0.39, 0.29) is 17.6 Å². The highest BCUT2D eigenvalue weighted by atomic mass is 16.2. The number of ketones is 1. The molecule has 3 rings (SSSR count). The van der Waals surface area contributed by atoms with Crippen molar-refractivity contribution in [2.24, 2.45) is 5.92 Å². The molecule has 1 amide bonds. The van der Waals surface area contributed by atoms with Crippen LogP contribution in [0.15, 0.2) is 36.9 Å². The first-order chi connectivity index (χ1) is 11.7. The number of nitrogens with zero attached hydrogens (tertiary/aromatic N) is 3. The second kappa shape index (κ2) is 7.72. The van der Waals surface area contributed by atoms with Gasteiger partial charge in [0.25, 0.3) is 0 Å². The Morgan fingerprint density at radius 1 is 1.17 bits per heavy atom. The van der Waals surface area contributed by atoms with Crippen LogP contribution in [0.2, 0.25) is 0 Å². The normalized spacial score (nSPS) is 15.2. The molecule has 126 valence electrons. The number of anilines is 1. The van der Waals surface area contributed by atoms with Gasteiger partial charge in [-0.2, -0.15) is 0 Å². The second-order valence-electron chi connectivity index (χ2n) is 5.88. The first-order valence-corrected chi connectivity index (χ1v) is 8.21. The molecular formula is C17H21N5O2. The molecule has 1 aliphatic carbocycles. The highest BCUT2D eigenvalue weighted by Crippen LogP contribution is 2.21. The van der Waals surface area contributed by atoms with E-state index in [0.717, 1.165) is 5.82 Å². The van der Waals surface area contributed by atoms with Crippen molar-refractivity contribution in [1.82, 2.24) is 19.9 Å². The Bertz CT molecular complexity index is 689. The fraction of sp³-hybridized carbons (Fsp3) is 0.412. The summed E-state index contributed by atoms with van der Waals surface area (Å²) in [5, 5.41) is 6.10. The summed E-state index contributed by atoms with van der Waals surface area (Å²) in [4.78, 5) is 31.7. The van der Waals surface area contributed by atoms with Gasteiger partial charge in [-0.15, -0.1) is 0 Å². The minimum Gasteiger partial charge on any atom is -0.368 e. The molecule has 7 heteroatoms. The van der Waals surface area contributed by atoms with Crippen molar-refractivity contribution >= 4 is 17.5 Å². The number of hydrogen-bond donors (Lipinski definition) is 2. The summed E-state index contributed by atoms with van der Waals surface area (Å²) in [6.45, 7) is 1.10. The number of carbonyl (C=O) groups excluding carboxylic acids is 2. The van der Waals surface area contributed by atoms with E-state index in [1.807, 2.05) is 35.2 Å². The van der Waals surface area contributed by atoms with Gasteiger partial charge in [-0.3, -0.25) is 9.59 Å². The van der Waals surface area contributed by atoms with Gasteiger partial charge in [0.15, 0.2) is 0 Å². The van der Waals surface area contributed by atoms with Crippen molar-refractivity contribution in [2.45, 2.75) is 25.7 Å². The van der Waals surface area contributed by atoms with E-state index in [0.29, 0.717) is 44.6 Å². The van der Waals surface area contributed by atoms with Crippen LogP contribution < -0.4 is 10.6 Å². The van der Waals surface area contributed by atoms with E-state index in [9.17, 15) is 9.59 Å².